The summed E-state index contributed by atoms with van der Waals surface area (Å²) in [6.07, 6.45) is 14.5. The standard InChI is InChI=1S/C18H36O2S/c1-4-5-6-7-8-9-10-11-12-13-14-21-16-17-15-19-18(2,3)20-17/h17H,4-16H2,1-3H3. The predicted molar refractivity (Wildman–Crippen MR) is 94.1 cm³/mol. The van der Waals surface area contributed by atoms with Crippen LogP contribution in [0.3, 0.4) is 0 Å². The fourth-order valence-corrected chi connectivity index (χ4v) is 3.75. The molecule has 0 saturated carbocycles. The molecule has 21 heavy (non-hydrogen) atoms. The van der Waals surface area contributed by atoms with Crippen molar-refractivity contribution in [3.05, 3.63) is 0 Å². The Labute approximate surface area is 136 Å². The summed E-state index contributed by atoms with van der Waals surface area (Å²) in [7, 11) is 0. The molecule has 1 saturated heterocycles. The molecule has 1 unspecified atom stereocenters. The lowest BCUT2D eigenvalue weighted by Crippen LogP contribution is -2.22. The van der Waals surface area contributed by atoms with Gasteiger partial charge in [-0.05, 0) is 26.0 Å². The zero-order valence-corrected chi connectivity index (χ0v) is 15.3. The molecule has 0 amide bonds. The molecule has 1 fully saturated rings. The van der Waals surface area contributed by atoms with Crippen molar-refractivity contribution >= 4 is 11.8 Å². The Morgan fingerprint density at radius 1 is 0.905 bits per heavy atom. The second-order valence-corrected chi connectivity index (χ2v) is 7.86. The molecule has 0 aliphatic carbocycles. The van der Waals surface area contributed by atoms with Gasteiger partial charge in [-0.3, -0.25) is 0 Å². The summed E-state index contributed by atoms with van der Waals surface area (Å²) in [5.74, 6) is 2.00. The van der Waals surface area contributed by atoms with Crippen LogP contribution in [0.4, 0.5) is 0 Å². The van der Waals surface area contributed by atoms with Crippen LogP contribution in [0.2, 0.25) is 0 Å². The first-order chi connectivity index (χ1) is 10.1. The number of hydrogen-bond acceptors (Lipinski definition) is 3. The van der Waals surface area contributed by atoms with Gasteiger partial charge in [0.25, 0.3) is 0 Å². The van der Waals surface area contributed by atoms with Gasteiger partial charge in [-0.2, -0.15) is 11.8 Å². The molecule has 0 aromatic heterocycles. The quantitative estimate of drug-likeness (QED) is 0.400. The molecular formula is C18H36O2S. The molecular weight excluding hydrogens is 280 g/mol. The molecule has 126 valence electrons. The average Bonchev–Trinajstić information content (AvgIpc) is 2.79. The summed E-state index contributed by atoms with van der Waals surface area (Å²) in [5, 5.41) is 0. The summed E-state index contributed by atoms with van der Waals surface area (Å²) in [6, 6.07) is 0. The van der Waals surface area contributed by atoms with Crippen molar-refractivity contribution in [1.82, 2.24) is 0 Å². The van der Waals surface area contributed by atoms with Crippen LogP contribution in [-0.4, -0.2) is 30.0 Å². The van der Waals surface area contributed by atoms with Crippen molar-refractivity contribution in [2.24, 2.45) is 0 Å². The molecule has 0 N–H and O–H groups in total. The number of thioether (sulfide) groups is 1. The predicted octanol–water partition coefficient (Wildman–Crippen LogP) is 5.79. The van der Waals surface area contributed by atoms with Gasteiger partial charge in [0.1, 0.15) is 0 Å². The minimum Gasteiger partial charge on any atom is -0.348 e. The van der Waals surface area contributed by atoms with Crippen LogP contribution in [-0.2, 0) is 9.47 Å². The zero-order chi connectivity index (χ0) is 15.4. The van der Waals surface area contributed by atoms with Crippen LogP contribution >= 0.6 is 11.8 Å². The fraction of sp³-hybridized carbons (Fsp3) is 1.00. The summed E-state index contributed by atoms with van der Waals surface area (Å²) in [4.78, 5) is 0. The van der Waals surface area contributed by atoms with Gasteiger partial charge in [0.15, 0.2) is 5.79 Å². The highest BCUT2D eigenvalue weighted by atomic mass is 32.2. The maximum absolute atomic E-state index is 5.81. The van der Waals surface area contributed by atoms with E-state index in [4.69, 9.17) is 9.47 Å². The molecule has 0 bridgehead atoms. The van der Waals surface area contributed by atoms with Crippen molar-refractivity contribution in [3.63, 3.8) is 0 Å². The molecule has 1 atom stereocenters. The first-order valence-electron chi connectivity index (χ1n) is 9.03. The lowest BCUT2D eigenvalue weighted by molar-refractivity contribution is -0.135. The highest BCUT2D eigenvalue weighted by Crippen LogP contribution is 2.24. The van der Waals surface area contributed by atoms with Crippen molar-refractivity contribution in [2.45, 2.75) is 96.9 Å². The van der Waals surface area contributed by atoms with E-state index < -0.39 is 0 Å². The summed E-state index contributed by atoms with van der Waals surface area (Å²) in [5.41, 5.74) is 0. The summed E-state index contributed by atoms with van der Waals surface area (Å²) in [6.45, 7) is 7.04. The molecule has 0 aromatic rings. The molecule has 1 aliphatic heterocycles. The number of rotatable bonds is 13. The number of unbranched alkanes of at least 4 members (excludes halogenated alkanes) is 9. The number of ether oxygens (including phenoxy) is 2. The molecule has 0 spiro atoms. The molecule has 1 rings (SSSR count). The van der Waals surface area contributed by atoms with Gasteiger partial charge in [0.2, 0.25) is 0 Å². The molecule has 2 nitrogen and oxygen atoms in total. The molecule has 1 heterocycles. The maximum atomic E-state index is 5.81. The molecule has 0 aromatic carbocycles. The third kappa shape index (κ3) is 10.6. The van der Waals surface area contributed by atoms with E-state index >= 15 is 0 Å². The van der Waals surface area contributed by atoms with E-state index in [1.54, 1.807) is 0 Å². The fourth-order valence-electron chi connectivity index (χ4n) is 2.75. The van der Waals surface area contributed by atoms with Crippen molar-refractivity contribution in [1.29, 1.82) is 0 Å². The monoisotopic (exact) mass is 316 g/mol. The third-order valence-corrected chi connectivity index (χ3v) is 5.20. The van der Waals surface area contributed by atoms with Gasteiger partial charge >= 0.3 is 0 Å². The third-order valence-electron chi connectivity index (χ3n) is 4.01. The highest BCUT2D eigenvalue weighted by molar-refractivity contribution is 7.99. The van der Waals surface area contributed by atoms with Crippen molar-refractivity contribution in [3.8, 4) is 0 Å². The Balaban J connectivity index is 1.75. The van der Waals surface area contributed by atoms with Crippen LogP contribution < -0.4 is 0 Å². The van der Waals surface area contributed by atoms with Crippen LogP contribution in [0, 0.1) is 0 Å². The largest absolute Gasteiger partial charge is 0.348 e. The normalized spacial score (nSPS) is 21.0. The second kappa shape index (κ2) is 11.8. The van der Waals surface area contributed by atoms with Gasteiger partial charge in [-0.25, -0.2) is 0 Å². The average molecular weight is 317 g/mol. The summed E-state index contributed by atoms with van der Waals surface area (Å²) >= 11 is 2.02. The molecule has 0 radical (unpaired) electrons. The molecule has 3 heteroatoms. The van der Waals surface area contributed by atoms with Crippen molar-refractivity contribution < 1.29 is 9.47 Å². The van der Waals surface area contributed by atoms with Gasteiger partial charge in [-0.1, -0.05) is 64.7 Å². The Bertz CT molecular complexity index is 243. The Morgan fingerprint density at radius 3 is 2.00 bits per heavy atom. The minimum atomic E-state index is -0.359. The Morgan fingerprint density at radius 2 is 1.48 bits per heavy atom. The summed E-state index contributed by atoms with van der Waals surface area (Å²) < 4.78 is 11.4. The highest BCUT2D eigenvalue weighted by Gasteiger charge is 2.32. The van der Waals surface area contributed by atoms with E-state index in [1.165, 1.54) is 70.0 Å². The van der Waals surface area contributed by atoms with E-state index in [-0.39, 0.29) is 5.79 Å². The first-order valence-corrected chi connectivity index (χ1v) is 10.2. The van der Waals surface area contributed by atoms with Gasteiger partial charge < -0.3 is 9.47 Å². The zero-order valence-electron chi connectivity index (χ0n) is 14.5. The van der Waals surface area contributed by atoms with Gasteiger partial charge in [-0.15, -0.1) is 0 Å². The second-order valence-electron chi connectivity index (χ2n) is 6.71. The van der Waals surface area contributed by atoms with Crippen LogP contribution in [0.15, 0.2) is 0 Å². The number of hydrogen-bond donors (Lipinski definition) is 0. The lowest BCUT2D eigenvalue weighted by Gasteiger charge is -2.16. The van der Waals surface area contributed by atoms with E-state index in [2.05, 4.69) is 6.92 Å². The smallest absolute Gasteiger partial charge is 0.163 e. The minimum absolute atomic E-state index is 0.299. The van der Waals surface area contributed by atoms with Crippen LogP contribution in [0.5, 0.6) is 0 Å². The SMILES string of the molecule is CCCCCCCCCCCCSCC1COC(C)(C)O1. The van der Waals surface area contributed by atoms with E-state index in [9.17, 15) is 0 Å². The van der Waals surface area contributed by atoms with Gasteiger partial charge in [0.05, 0.1) is 12.7 Å². The van der Waals surface area contributed by atoms with Crippen LogP contribution in [0.25, 0.3) is 0 Å². The Kier molecular flexibility index (Phi) is 10.8. The Hall–Kier alpha value is 0.270. The lowest BCUT2D eigenvalue weighted by atomic mass is 10.1. The first kappa shape index (κ1) is 19.3. The topological polar surface area (TPSA) is 18.5 Å². The van der Waals surface area contributed by atoms with E-state index in [1.807, 2.05) is 25.6 Å². The van der Waals surface area contributed by atoms with Crippen LogP contribution in [0.1, 0.15) is 85.0 Å². The van der Waals surface area contributed by atoms with Gasteiger partial charge in [0, 0.05) is 5.75 Å². The maximum Gasteiger partial charge on any atom is 0.163 e. The molecule has 1 aliphatic rings. The van der Waals surface area contributed by atoms with E-state index in [0.717, 1.165) is 12.4 Å². The van der Waals surface area contributed by atoms with E-state index in [0.29, 0.717) is 6.10 Å². The van der Waals surface area contributed by atoms with Crippen molar-refractivity contribution in [2.75, 3.05) is 18.1 Å².